The highest BCUT2D eigenvalue weighted by Crippen LogP contribution is 2.25. The molecular weight excluding hydrogens is 376 g/mol. The Hall–Kier alpha value is -3.87. The second-order valence-electron chi connectivity index (χ2n) is 6.62. The summed E-state index contributed by atoms with van der Waals surface area (Å²) in [6.07, 6.45) is 1.95. The van der Waals surface area contributed by atoms with Crippen molar-refractivity contribution in [1.82, 2.24) is 25.2 Å². The van der Waals surface area contributed by atoms with E-state index >= 15 is 0 Å². The van der Waals surface area contributed by atoms with Gasteiger partial charge in [0.1, 0.15) is 11.5 Å². The number of rotatable bonds is 7. The molecule has 0 aliphatic rings. The van der Waals surface area contributed by atoms with E-state index in [0.29, 0.717) is 19.0 Å². The van der Waals surface area contributed by atoms with Crippen molar-refractivity contribution in [3.05, 3.63) is 90.4 Å². The molecule has 0 saturated carbocycles. The normalized spacial score (nSPS) is 11.4. The van der Waals surface area contributed by atoms with Crippen LogP contribution in [0, 0.1) is 0 Å². The van der Waals surface area contributed by atoms with E-state index in [9.17, 15) is 0 Å². The van der Waals surface area contributed by atoms with Gasteiger partial charge in [0.05, 0.1) is 13.1 Å². The topological polar surface area (TPSA) is 75.8 Å². The van der Waals surface area contributed by atoms with E-state index in [-0.39, 0.29) is 0 Å². The third-order valence-corrected chi connectivity index (χ3v) is 4.49. The number of para-hydroxylation sites is 2. The Kier molecular flexibility index (Phi) is 6.19. The van der Waals surface area contributed by atoms with Crippen molar-refractivity contribution < 1.29 is 4.74 Å². The Bertz CT molecular complexity index is 1120. The van der Waals surface area contributed by atoms with Crippen LogP contribution in [-0.2, 0) is 13.1 Å². The van der Waals surface area contributed by atoms with Crippen LogP contribution in [0.15, 0.2) is 84.0 Å². The van der Waals surface area contributed by atoms with Crippen molar-refractivity contribution in [2.24, 2.45) is 4.99 Å². The molecule has 2 heterocycles. The molecular formula is C23H24N6O. The first-order valence-electron chi connectivity index (χ1n) is 9.95. The minimum absolute atomic E-state index is 0.485. The summed E-state index contributed by atoms with van der Waals surface area (Å²) in [6, 6.07) is 23.5. The summed E-state index contributed by atoms with van der Waals surface area (Å²) < 4.78 is 8.00. The minimum atomic E-state index is 0.485. The highest BCUT2D eigenvalue weighted by Gasteiger charge is 2.07. The van der Waals surface area contributed by atoms with E-state index in [1.807, 2.05) is 90.3 Å². The molecule has 0 unspecified atom stereocenters. The first-order valence-corrected chi connectivity index (χ1v) is 9.95. The van der Waals surface area contributed by atoms with Crippen molar-refractivity contribution in [3.63, 3.8) is 0 Å². The van der Waals surface area contributed by atoms with Crippen LogP contribution < -0.4 is 15.4 Å². The number of guanidine groups is 1. The molecule has 7 heteroatoms. The van der Waals surface area contributed by atoms with Crippen LogP contribution in [0.25, 0.3) is 5.65 Å². The van der Waals surface area contributed by atoms with Gasteiger partial charge in [0.2, 0.25) is 0 Å². The van der Waals surface area contributed by atoms with Crippen molar-refractivity contribution in [1.29, 1.82) is 0 Å². The highest BCUT2D eigenvalue weighted by atomic mass is 16.5. The van der Waals surface area contributed by atoms with Gasteiger partial charge < -0.3 is 15.4 Å². The minimum Gasteiger partial charge on any atom is -0.457 e. The largest absolute Gasteiger partial charge is 0.457 e. The Morgan fingerprint density at radius 1 is 0.933 bits per heavy atom. The molecule has 0 spiro atoms. The van der Waals surface area contributed by atoms with Crippen LogP contribution in [0.3, 0.4) is 0 Å². The molecule has 152 valence electrons. The smallest absolute Gasteiger partial charge is 0.191 e. The highest BCUT2D eigenvalue weighted by molar-refractivity contribution is 5.79. The fourth-order valence-electron chi connectivity index (χ4n) is 3.03. The molecule has 4 aromatic rings. The Morgan fingerprint density at radius 2 is 1.73 bits per heavy atom. The summed E-state index contributed by atoms with van der Waals surface area (Å²) in [7, 11) is 0. The second kappa shape index (κ2) is 9.56. The molecule has 7 nitrogen and oxygen atoms in total. The molecule has 0 fully saturated rings. The van der Waals surface area contributed by atoms with Gasteiger partial charge in [-0.15, -0.1) is 10.2 Å². The van der Waals surface area contributed by atoms with Gasteiger partial charge in [-0.3, -0.25) is 4.40 Å². The van der Waals surface area contributed by atoms with E-state index < -0.39 is 0 Å². The number of hydrogen-bond donors (Lipinski definition) is 2. The first kappa shape index (κ1) is 19.4. The maximum absolute atomic E-state index is 6.04. The predicted molar refractivity (Wildman–Crippen MR) is 118 cm³/mol. The second-order valence-corrected chi connectivity index (χ2v) is 6.62. The fourth-order valence-corrected chi connectivity index (χ4v) is 3.03. The van der Waals surface area contributed by atoms with Gasteiger partial charge in [-0.2, -0.15) is 0 Å². The van der Waals surface area contributed by atoms with Gasteiger partial charge in [0.25, 0.3) is 0 Å². The van der Waals surface area contributed by atoms with E-state index in [2.05, 4.69) is 20.8 Å². The van der Waals surface area contributed by atoms with Crippen LogP contribution in [0.4, 0.5) is 0 Å². The standard InChI is InChI=1S/C23H24N6O/c1-2-24-23(26-17-22-28-27-21-14-8-9-15-29(21)22)25-16-18-10-6-7-13-20(18)30-19-11-4-3-5-12-19/h3-15H,2,16-17H2,1H3,(H2,24,25,26). The number of ether oxygens (including phenoxy) is 1. The Labute approximate surface area is 175 Å². The zero-order valence-electron chi connectivity index (χ0n) is 16.8. The van der Waals surface area contributed by atoms with E-state index in [1.165, 1.54) is 0 Å². The molecule has 0 aliphatic carbocycles. The molecule has 0 amide bonds. The molecule has 0 aliphatic heterocycles. The quantitative estimate of drug-likeness (QED) is 0.365. The first-order chi connectivity index (χ1) is 14.8. The molecule has 0 radical (unpaired) electrons. The Balaban J connectivity index is 1.46. The van der Waals surface area contributed by atoms with Crippen molar-refractivity contribution >= 4 is 11.6 Å². The lowest BCUT2D eigenvalue weighted by molar-refractivity contribution is 0.476. The molecule has 2 N–H and O–H groups in total. The van der Waals surface area contributed by atoms with E-state index in [1.54, 1.807) is 0 Å². The van der Waals surface area contributed by atoms with Crippen molar-refractivity contribution in [2.75, 3.05) is 6.54 Å². The fraction of sp³-hybridized carbons (Fsp3) is 0.174. The van der Waals surface area contributed by atoms with Crippen molar-refractivity contribution in [3.8, 4) is 11.5 Å². The average Bonchev–Trinajstić information content (AvgIpc) is 3.20. The van der Waals surface area contributed by atoms with Crippen LogP contribution in [0.2, 0.25) is 0 Å². The summed E-state index contributed by atoms with van der Waals surface area (Å²) in [5.41, 5.74) is 1.83. The molecule has 2 aromatic heterocycles. The SMILES string of the molecule is CCNC(=NCc1ccccc1Oc1ccccc1)NCc1nnc2ccccn12. The third-order valence-electron chi connectivity index (χ3n) is 4.49. The lowest BCUT2D eigenvalue weighted by Gasteiger charge is -2.12. The van der Waals surface area contributed by atoms with Crippen LogP contribution in [-0.4, -0.2) is 27.1 Å². The summed E-state index contributed by atoms with van der Waals surface area (Å²) in [5, 5.41) is 15.0. The van der Waals surface area contributed by atoms with Crippen LogP contribution >= 0.6 is 0 Å². The lowest BCUT2D eigenvalue weighted by atomic mass is 10.2. The number of hydrogen-bond acceptors (Lipinski definition) is 4. The van der Waals surface area contributed by atoms with Crippen molar-refractivity contribution in [2.45, 2.75) is 20.0 Å². The molecule has 0 atom stereocenters. The maximum atomic E-state index is 6.04. The molecule has 4 rings (SSSR count). The predicted octanol–water partition coefficient (Wildman–Crippen LogP) is 3.78. The monoisotopic (exact) mass is 400 g/mol. The summed E-state index contributed by atoms with van der Waals surface area (Å²) in [6.45, 7) is 3.79. The number of fused-ring (bicyclic) bond motifs is 1. The summed E-state index contributed by atoms with van der Waals surface area (Å²) >= 11 is 0. The molecule has 0 saturated heterocycles. The number of aliphatic imine (C=N–C) groups is 1. The molecule has 2 aromatic carbocycles. The van der Waals surface area contributed by atoms with Crippen LogP contribution in [0.1, 0.15) is 18.3 Å². The third kappa shape index (κ3) is 4.75. The van der Waals surface area contributed by atoms with Gasteiger partial charge in [-0.05, 0) is 37.3 Å². The van der Waals surface area contributed by atoms with Gasteiger partial charge in [0.15, 0.2) is 17.4 Å². The summed E-state index contributed by atoms with van der Waals surface area (Å²) in [5.74, 6) is 3.13. The molecule has 30 heavy (non-hydrogen) atoms. The van der Waals surface area contributed by atoms with Gasteiger partial charge in [-0.25, -0.2) is 4.99 Å². The number of nitrogens with one attached hydrogen (secondary N) is 2. The zero-order chi connectivity index (χ0) is 20.6. The average molecular weight is 400 g/mol. The van der Waals surface area contributed by atoms with Gasteiger partial charge in [0, 0.05) is 18.3 Å². The maximum Gasteiger partial charge on any atom is 0.191 e. The summed E-state index contributed by atoms with van der Waals surface area (Å²) in [4.78, 5) is 4.72. The number of nitrogens with zero attached hydrogens (tertiary/aromatic N) is 4. The lowest BCUT2D eigenvalue weighted by Crippen LogP contribution is -2.37. The number of aromatic nitrogens is 3. The van der Waals surface area contributed by atoms with E-state index in [4.69, 9.17) is 9.73 Å². The number of benzene rings is 2. The van der Waals surface area contributed by atoms with E-state index in [0.717, 1.165) is 35.1 Å². The molecule has 0 bridgehead atoms. The van der Waals surface area contributed by atoms with Gasteiger partial charge in [-0.1, -0.05) is 42.5 Å². The van der Waals surface area contributed by atoms with Crippen LogP contribution in [0.5, 0.6) is 11.5 Å². The number of pyridine rings is 1. The zero-order valence-corrected chi connectivity index (χ0v) is 16.8. The Morgan fingerprint density at radius 3 is 2.60 bits per heavy atom. The van der Waals surface area contributed by atoms with Gasteiger partial charge >= 0.3 is 0 Å².